The predicted octanol–water partition coefficient (Wildman–Crippen LogP) is 10.1. The van der Waals surface area contributed by atoms with E-state index in [9.17, 15) is 0 Å². The van der Waals surface area contributed by atoms with Gasteiger partial charge in [-0.15, -0.1) is 0 Å². The number of hydrogen-bond donors (Lipinski definition) is 0. The molecule has 0 unspecified atom stereocenters. The number of rotatable bonds is 4. The minimum absolute atomic E-state index is 0.249. The van der Waals surface area contributed by atoms with Crippen LogP contribution >= 0.6 is 11.6 Å². The maximum atomic E-state index is 6.73. The first-order valence-electron chi connectivity index (χ1n) is 12.5. The molecule has 5 rings (SSSR count). The van der Waals surface area contributed by atoms with Crippen molar-refractivity contribution in [2.45, 2.75) is 41.0 Å². The highest BCUT2D eigenvalue weighted by atomic mass is 35.5. The number of halogens is 1. The van der Waals surface area contributed by atoms with Gasteiger partial charge in [0.25, 0.3) is 0 Å². The van der Waals surface area contributed by atoms with Gasteiger partial charge in [-0.3, -0.25) is 4.98 Å². The lowest BCUT2D eigenvalue weighted by Crippen LogP contribution is -2.08. The Bertz CT molecular complexity index is 1530. The van der Waals surface area contributed by atoms with E-state index in [0.29, 0.717) is 0 Å². The predicted molar refractivity (Wildman–Crippen MR) is 156 cm³/mol. The van der Waals surface area contributed by atoms with E-state index in [2.05, 4.69) is 107 Å². The summed E-state index contributed by atoms with van der Waals surface area (Å²) in [4.78, 5) is 4.95. The van der Waals surface area contributed by atoms with Gasteiger partial charge in [0.15, 0.2) is 0 Å². The van der Waals surface area contributed by atoms with Gasteiger partial charge in [-0.2, -0.15) is 0 Å². The van der Waals surface area contributed by atoms with Crippen molar-refractivity contribution in [2.24, 2.45) is 5.41 Å². The Labute approximate surface area is 219 Å². The van der Waals surface area contributed by atoms with Crippen LogP contribution in [0.4, 0.5) is 0 Å². The Morgan fingerprint density at radius 2 is 1.36 bits per heavy atom. The van der Waals surface area contributed by atoms with Crippen LogP contribution in [0.3, 0.4) is 0 Å². The zero-order valence-corrected chi connectivity index (χ0v) is 22.4. The second-order valence-electron chi connectivity index (χ2n) is 11.1. The highest BCUT2D eigenvalue weighted by Gasteiger charge is 2.16. The summed E-state index contributed by atoms with van der Waals surface area (Å²) in [5.74, 6) is 0. The molecule has 0 N–H and O–H groups in total. The second kappa shape index (κ2) is 9.56. The summed E-state index contributed by atoms with van der Waals surface area (Å²) in [6.45, 7) is 11.1. The van der Waals surface area contributed by atoms with Crippen molar-refractivity contribution < 1.29 is 0 Å². The van der Waals surface area contributed by atoms with Crippen LogP contribution in [0.2, 0.25) is 5.02 Å². The van der Waals surface area contributed by atoms with E-state index in [1.807, 2.05) is 18.3 Å². The van der Waals surface area contributed by atoms with Crippen molar-refractivity contribution in [1.29, 1.82) is 0 Å². The Hall–Kier alpha value is -3.42. The molecule has 5 aromatic rings. The third kappa shape index (κ3) is 5.08. The molecule has 1 nitrogen and oxygen atoms in total. The minimum atomic E-state index is 0.249. The highest BCUT2D eigenvalue weighted by Crippen LogP contribution is 2.40. The maximum absolute atomic E-state index is 6.73. The van der Waals surface area contributed by atoms with Crippen LogP contribution in [0.25, 0.3) is 44.3 Å². The number of aromatic nitrogens is 1. The molecule has 0 saturated carbocycles. The van der Waals surface area contributed by atoms with Crippen LogP contribution < -0.4 is 0 Å². The topological polar surface area (TPSA) is 12.9 Å². The molecular formula is C34H32ClN. The van der Waals surface area contributed by atoms with Gasteiger partial charge in [0.05, 0.1) is 5.69 Å². The molecule has 2 heteroatoms. The molecule has 0 fully saturated rings. The molecule has 0 aliphatic heterocycles. The number of fused-ring (bicyclic) bond motifs is 1. The van der Waals surface area contributed by atoms with Gasteiger partial charge in [-0.1, -0.05) is 104 Å². The molecule has 1 heterocycles. The van der Waals surface area contributed by atoms with E-state index in [1.165, 1.54) is 22.3 Å². The molecule has 0 atom stereocenters. The minimum Gasteiger partial charge on any atom is -0.256 e. The second-order valence-corrected chi connectivity index (χ2v) is 11.5. The van der Waals surface area contributed by atoms with Crippen molar-refractivity contribution in [3.63, 3.8) is 0 Å². The fourth-order valence-corrected chi connectivity index (χ4v) is 5.41. The van der Waals surface area contributed by atoms with Gasteiger partial charge >= 0.3 is 0 Å². The van der Waals surface area contributed by atoms with E-state index < -0.39 is 0 Å². The van der Waals surface area contributed by atoms with Gasteiger partial charge < -0.3 is 0 Å². The molecule has 0 aliphatic rings. The number of nitrogens with zero attached hydrogens (tertiary/aromatic N) is 1. The summed E-state index contributed by atoms with van der Waals surface area (Å²) >= 11 is 6.73. The summed E-state index contributed by atoms with van der Waals surface area (Å²) < 4.78 is 0. The van der Waals surface area contributed by atoms with Crippen molar-refractivity contribution in [3.8, 4) is 33.5 Å². The third-order valence-electron chi connectivity index (χ3n) is 6.56. The lowest BCUT2D eigenvalue weighted by atomic mass is 9.87. The van der Waals surface area contributed by atoms with Crippen LogP contribution in [0, 0.1) is 19.3 Å². The first kappa shape index (κ1) is 24.3. The summed E-state index contributed by atoms with van der Waals surface area (Å²) in [6, 6.07) is 30.3. The number of hydrogen-bond acceptors (Lipinski definition) is 1. The molecule has 0 bridgehead atoms. The molecule has 0 aliphatic carbocycles. The first-order valence-corrected chi connectivity index (χ1v) is 12.9. The smallest absolute Gasteiger partial charge is 0.0708 e. The van der Waals surface area contributed by atoms with Crippen LogP contribution in [0.15, 0.2) is 91.1 Å². The monoisotopic (exact) mass is 489 g/mol. The molecule has 0 spiro atoms. The van der Waals surface area contributed by atoms with Crippen molar-refractivity contribution >= 4 is 22.4 Å². The molecule has 180 valence electrons. The average Bonchev–Trinajstić information content (AvgIpc) is 2.82. The fourth-order valence-electron chi connectivity index (χ4n) is 5.12. The Morgan fingerprint density at radius 1 is 0.694 bits per heavy atom. The Morgan fingerprint density at radius 3 is 2.03 bits per heavy atom. The number of benzene rings is 4. The van der Waals surface area contributed by atoms with Crippen molar-refractivity contribution in [3.05, 3.63) is 113 Å². The van der Waals surface area contributed by atoms with Gasteiger partial charge in [0.1, 0.15) is 0 Å². The summed E-state index contributed by atoms with van der Waals surface area (Å²) in [7, 11) is 0. The van der Waals surface area contributed by atoms with Crippen LogP contribution in [-0.2, 0) is 6.42 Å². The van der Waals surface area contributed by atoms with Gasteiger partial charge in [0, 0.05) is 27.7 Å². The summed E-state index contributed by atoms with van der Waals surface area (Å²) in [6.07, 6.45) is 3.06. The van der Waals surface area contributed by atoms with Gasteiger partial charge in [-0.05, 0) is 77.6 Å². The average molecular weight is 490 g/mol. The number of aryl methyl sites for hydroxylation is 2. The maximum Gasteiger partial charge on any atom is 0.0708 e. The lowest BCUT2D eigenvalue weighted by molar-refractivity contribution is 0.411. The number of pyridine rings is 1. The molecule has 0 radical (unpaired) electrons. The van der Waals surface area contributed by atoms with Crippen LogP contribution in [0.5, 0.6) is 0 Å². The Kier molecular flexibility index (Phi) is 6.45. The van der Waals surface area contributed by atoms with Crippen molar-refractivity contribution in [1.82, 2.24) is 4.98 Å². The zero-order chi connectivity index (χ0) is 25.4. The normalized spacial score (nSPS) is 11.7. The molecule has 4 aromatic carbocycles. The quantitative estimate of drug-likeness (QED) is 0.244. The molecule has 36 heavy (non-hydrogen) atoms. The summed E-state index contributed by atoms with van der Waals surface area (Å²) in [5, 5.41) is 2.95. The van der Waals surface area contributed by atoms with E-state index in [0.717, 1.165) is 50.2 Å². The zero-order valence-electron chi connectivity index (χ0n) is 21.7. The molecule has 1 aromatic heterocycles. The summed E-state index contributed by atoms with van der Waals surface area (Å²) in [5.41, 5.74) is 10.7. The van der Waals surface area contributed by atoms with Crippen LogP contribution in [-0.4, -0.2) is 4.98 Å². The van der Waals surface area contributed by atoms with E-state index in [4.69, 9.17) is 16.6 Å². The largest absolute Gasteiger partial charge is 0.256 e. The first-order chi connectivity index (χ1) is 17.2. The molecule has 0 saturated heterocycles. The van der Waals surface area contributed by atoms with E-state index in [-0.39, 0.29) is 5.41 Å². The highest BCUT2D eigenvalue weighted by molar-refractivity contribution is 6.36. The van der Waals surface area contributed by atoms with Gasteiger partial charge in [-0.25, -0.2) is 0 Å². The van der Waals surface area contributed by atoms with Crippen molar-refractivity contribution in [2.75, 3.05) is 0 Å². The molecular weight excluding hydrogens is 458 g/mol. The SMILES string of the molecule is Cc1cc(C)cc(-c2cc(-c3ccc(CC(C)(C)C)cc3)c(-c3cccc4cccc(Cl)c34)cn2)c1. The lowest BCUT2D eigenvalue weighted by Gasteiger charge is -2.19. The standard InChI is InChI=1S/C34H32ClN/c1-22-16-23(2)18-27(17-22)32-19-29(25-14-12-24(13-15-25)20-34(3,4)5)30(21-36-32)28-10-6-8-26-9-7-11-31(35)33(26)28/h6-19,21H,20H2,1-5H3. The Balaban J connectivity index is 1.72. The van der Waals surface area contributed by atoms with E-state index in [1.54, 1.807) is 0 Å². The molecule has 0 amide bonds. The van der Waals surface area contributed by atoms with Gasteiger partial charge in [0.2, 0.25) is 0 Å². The van der Waals surface area contributed by atoms with Crippen LogP contribution in [0.1, 0.15) is 37.5 Å². The fraction of sp³-hybridized carbons (Fsp3) is 0.206. The van der Waals surface area contributed by atoms with E-state index >= 15 is 0 Å². The third-order valence-corrected chi connectivity index (χ3v) is 6.88.